The Bertz CT molecular complexity index is 1520. The number of anilines is 1. The van der Waals surface area contributed by atoms with Crippen LogP contribution in [0.4, 0.5) is 5.69 Å². The van der Waals surface area contributed by atoms with Crippen LogP contribution in [0.5, 0.6) is 0 Å². The van der Waals surface area contributed by atoms with Crippen LogP contribution in [0.1, 0.15) is 44.7 Å². The molecule has 1 aliphatic rings. The van der Waals surface area contributed by atoms with Crippen molar-refractivity contribution in [2.75, 3.05) is 49.0 Å². The van der Waals surface area contributed by atoms with Crippen molar-refractivity contribution < 1.29 is 21.9 Å². The number of benzene rings is 2. The zero-order chi connectivity index (χ0) is 31.8. The van der Waals surface area contributed by atoms with Crippen LogP contribution in [-0.2, 0) is 20.0 Å². The molecule has 1 N–H and O–H groups in total. The lowest BCUT2D eigenvalue weighted by molar-refractivity contribution is 0.132. The summed E-state index contributed by atoms with van der Waals surface area (Å²) in [7, 11) is -8.15. The van der Waals surface area contributed by atoms with E-state index >= 15 is 0 Å². The molecule has 2 aromatic carbocycles. The molecule has 1 heterocycles. The van der Waals surface area contributed by atoms with E-state index in [9.17, 15) is 21.9 Å². The van der Waals surface area contributed by atoms with Gasteiger partial charge in [0.25, 0.3) is 0 Å². The smallest absolute Gasteiger partial charge is 0.245 e. The highest BCUT2D eigenvalue weighted by Crippen LogP contribution is 2.36. The molecule has 0 atom stereocenters. The van der Waals surface area contributed by atoms with E-state index in [1.54, 1.807) is 12.1 Å². The van der Waals surface area contributed by atoms with Gasteiger partial charge >= 0.3 is 0 Å². The van der Waals surface area contributed by atoms with E-state index in [2.05, 4.69) is 42.4 Å². The number of aliphatic hydroxyl groups excluding tert-OH is 1. The van der Waals surface area contributed by atoms with Gasteiger partial charge in [-0.05, 0) is 79.7 Å². The van der Waals surface area contributed by atoms with Gasteiger partial charge in [-0.2, -0.15) is 3.71 Å². The van der Waals surface area contributed by atoms with Gasteiger partial charge in [0, 0.05) is 44.5 Å². The average Bonchev–Trinajstić information content (AvgIpc) is 2.95. The second kappa shape index (κ2) is 15.0. The Hall–Kier alpha value is -3.18. The monoisotopic (exact) mass is 627 g/mol. The average molecular weight is 628 g/mol. The maximum Gasteiger partial charge on any atom is 0.245 e. The third kappa shape index (κ3) is 9.15. The predicted octanol–water partition coefficient (Wildman–Crippen LogP) is 5.14. The first-order valence-electron chi connectivity index (χ1n) is 14.5. The minimum atomic E-state index is -4.07. The minimum Gasteiger partial charge on any atom is -0.396 e. The molecule has 3 rings (SSSR count). The summed E-state index contributed by atoms with van der Waals surface area (Å²) in [6.07, 6.45) is 9.02. The van der Waals surface area contributed by atoms with Crippen LogP contribution in [0.25, 0.3) is 11.1 Å². The lowest BCUT2D eigenvalue weighted by Gasteiger charge is -2.38. The fraction of sp³-hybridized carbons (Fsp3) is 0.394. The molecule has 0 amide bonds. The van der Waals surface area contributed by atoms with Crippen LogP contribution in [0.3, 0.4) is 0 Å². The lowest BCUT2D eigenvalue weighted by Crippen LogP contribution is -2.48. The fourth-order valence-electron chi connectivity index (χ4n) is 5.39. The molecular weight excluding hydrogens is 583 g/mol. The molecule has 10 heteroatoms. The molecule has 0 aromatic heterocycles. The fourth-order valence-corrected chi connectivity index (χ4v) is 8.37. The summed E-state index contributed by atoms with van der Waals surface area (Å²) in [5.74, 6) is 0. The summed E-state index contributed by atoms with van der Waals surface area (Å²) in [6, 6.07) is 16.8. The maximum atomic E-state index is 12.4. The summed E-state index contributed by atoms with van der Waals surface area (Å²) < 4.78 is 49.9. The summed E-state index contributed by atoms with van der Waals surface area (Å²) >= 11 is 0. The largest absolute Gasteiger partial charge is 0.396 e. The van der Waals surface area contributed by atoms with Crippen molar-refractivity contribution in [1.29, 1.82) is 0 Å². The van der Waals surface area contributed by atoms with Gasteiger partial charge in [-0.1, -0.05) is 61.2 Å². The minimum absolute atomic E-state index is 0.0214. The van der Waals surface area contributed by atoms with Crippen molar-refractivity contribution in [1.82, 2.24) is 9.80 Å². The van der Waals surface area contributed by atoms with E-state index in [0.29, 0.717) is 22.6 Å². The highest BCUT2D eigenvalue weighted by Gasteiger charge is 2.27. The molecule has 1 fully saturated rings. The first kappa shape index (κ1) is 34.3. The number of aliphatic hydroxyl groups is 1. The van der Waals surface area contributed by atoms with Crippen LogP contribution in [-0.4, -0.2) is 83.1 Å². The van der Waals surface area contributed by atoms with E-state index < -0.39 is 20.0 Å². The van der Waals surface area contributed by atoms with Gasteiger partial charge in [0.2, 0.25) is 20.0 Å². The lowest BCUT2D eigenvalue weighted by atomic mass is 9.87. The second-order valence-electron chi connectivity index (χ2n) is 11.0. The third-order valence-corrected chi connectivity index (χ3v) is 10.7. The first-order valence-corrected chi connectivity index (χ1v) is 18.2. The van der Waals surface area contributed by atoms with Gasteiger partial charge in [0.15, 0.2) is 0 Å². The van der Waals surface area contributed by atoms with E-state index in [1.165, 1.54) is 12.1 Å². The van der Waals surface area contributed by atoms with Crippen LogP contribution in [0.2, 0.25) is 0 Å². The third-order valence-electron chi connectivity index (χ3n) is 7.46. The first-order chi connectivity index (χ1) is 20.3. The van der Waals surface area contributed by atoms with E-state index in [-0.39, 0.29) is 12.3 Å². The molecule has 234 valence electrons. The zero-order valence-electron chi connectivity index (χ0n) is 25.9. The predicted molar refractivity (Wildman–Crippen MR) is 179 cm³/mol. The maximum absolute atomic E-state index is 12.4. The molecular formula is C33H45N3O5S2. The summed E-state index contributed by atoms with van der Waals surface area (Å²) in [5.41, 5.74) is 5.43. The van der Waals surface area contributed by atoms with Crippen molar-refractivity contribution in [2.45, 2.75) is 39.7 Å². The molecule has 0 bridgehead atoms. The molecule has 2 aromatic rings. The number of rotatable bonds is 13. The van der Waals surface area contributed by atoms with Crippen molar-refractivity contribution in [3.8, 4) is 0 Å². The number of piperazine rings is 1. The normalized spacial score (nSPS) is 16.1. The van der Waals surface area contributed by atoms with Crippen molar-refractivity contribution in [3.63, 3.8) is 0 Å². The topological polar surface area (TPSA) is 98.2 Å². The molecule has 1 saturated heterocycles. The molecule has 1 aliphatic heterocycles. The second-order valence-corrected chi connectivity index (χ2v) is 14.9. The Morgan fingerprint density at radius 1 is 0.907 bits per heavy atom. The van der Waals surface area contributed by atoms with Crippen LogP contribution < -0.4 is 3.71 Å². The number of nitrogens with zero attached hydrogens (tertiary/aromatic N) is 3. The number of hydrogen-bond acceptors (Lipinski definition) is 7. The molecule has 8 nitrogen and oxygen atoms in total. The van der Waals surface area contributed by atoms with Gasteiger partial charge in [0.05, 0.1) is 18.2 Å². The number of sulfonamides is 2. The summed E-state index contributed by atoms with van der Waals surface area (Å²) in [5, 5.41) is 9.71. The Morgan fingerprint density at radius 3 is 1.98 bits per heavy atom. The Balaban J connectivity index is 2.09. The number of allylic oxidation sites excluding steroid dienone is 6. The van der Waals surface area contributed by atoms with Crippen molar-refractivity contribution in [2.24, 2.45) is 0 Å². The highest BCUT2D eigenvalue weighted by atomic mass is 32.3. The Morgan fingerprint density at radius 2 is 1.49 bits per heavy atom. The summed E-state index contributed by atoms with van der Waals surface area (Å²) in [4.78, 5) is 4.84. The van der Waals surface area contributed by atoms with E-state index in [4.69, 9.17) is 0 Å². The Labute approximate surface area is 258 Å². The standard InChI is InChI=1S/C33H45N3O5S2/c1-7-30(35-23-21-34(22-24-35)26(2)3)18-15-27(4)33(32(14-11-25-37)28-12-9-8-10-13-28)29-16-19-31(20-17-29)36(42(5,38)39)43(6,40)41/h7-10,12-13,15-20,26,37H,4,11,14,21-25H2,1-3,5-6H3/b18-15-,30-7+,33-32+. The van der Waals surface area contributed by atoms with Crippen molar-refractivity contribution >= 4 is 36.9 Å². The molecule has 43 heavy (non-hydrogen) atoms. The van der Waals surface area contributed by atoms with Gasteiger partial charge in [-0.25, -0.2) is 16.8 Å². The quantitative estimate of drug-likeness (QED) is 0.243. The molecule has 0 spiro atoms. The Kier molecular flexibility index (Phi) is 12.0. The van der Waals surface area contributed by atoms with Crippen molar-refractivity contribution in [3.05, 3.63) is 102 Å². The van der Waals surface area contributed by atoms with Crippen LogP contribution >= 0.6 is 0 Å². The van der Waals surface area contributed by atoms with Gasteiger partial charge in [-0.3, -0.25) is 4.90 Å². The van der Waals surface area contributed by atoms with Gasteiger partial charge in [-0.15, -0.1) is 0 Å². The van der Waals surface area contributed by atoms with E-state index in [0.717, 1.165) is 72.2 Å². The molecule has 0 aliphatic carbocycles. The zero-order valence-corrected chi connectivity index (χ0v) is 27.5. The highest BCUT2D eigenvalue weighted by molar-refractivity contribution is 8.09. The van der Waals surface area contributed by atoms with Gasteiger partial charge < -0.3 is 10.0 Å². The molecule has 0 unspecified atom stereocenters. The molecule has 0 saturated carbocycles. The van der Waals surface area contributed by atoms with Crippen LogP contribution in [0, 0.1) is 0 Å². The SMILES string of the molecule is C=C(/C=C\C(=C/C)N1CCN(C(C)C)CC1)/C(=C(/CCCO)c1ccccc1)c1ccc(N(S(C)(=O)=O)S(C)(=O)=O)cc1. The summed E-state index contributed by atoms with van der Waals surface area (Å²) in [6.45, 7) is 14.8. The van der Waals surface area contributed by atoms with Crippen LogP contribution in [0.15, 0.2) is 90.7 Å². The molecule has 0 radical (unpaired) electrons. The van der Waals surface area contributed by atoms with Gasteiger partial charge in [0.1, 0.15) is 0 Å². The number of hydrogen-bond donors (Lipinski definition) is 1. The van der Waals surface area contributed by atoms with E-state index in [1.807, 2.05) is 43.3 Å².